The lowest BCUT2D eigenvalue weighted by Crippen LogP contribution is -2.42. The molecule has 0 aromatic heterocycles. The van der Waals surface area contributed by atoms with Gasteiger partial charge in [-0.15, -0.1) is 0 Å². The van der Waals surface area contributed by atoms with Crippen LogP contribution in [0, 0.1) is 5.92 Å². The molecule has 2 aromatic carbocycles. The maximum absolute atomic E-state index is 13.1. The molecule has 0 saturated heterocycles. The first-order valence-corrected chi connectivity index (χ1v) is 10.7. The number of rotatable bonds is 6. The molecule has 1 aliphatic carbocycles. The number of hydrogen-bond donors (Lipinski definition) is 0. The molecule has 1 fully saturated rings. The summed E-state index contributed by atoms with van der Waals surface area (Å²) in [5.74, 6) is 1.79. The second-order valence-corrected chi connectivity index (χ2v) is 8.45. The van der Waals surface area contributed by atoms with E-state index in [1.54, 1.807) is 0 Å². The summed E-state index contributed by atoms with van der Waals surface area (Å²) in [6, 6.07) is 13.4. The average Bonchev–Trinajstić information content (AvgIpc) is 3.34. The third-order valence-corrected chi connectivity index (χ3v) is 6.13. The monoisotopic (exact) mass is 426 g/mol. The molecule has 0 spiro atoms. The molecule has 0 radical (unpaired) electrons. The molecular formula is C23H23ClN2O4. The Bertz CT molecular complexity index is 989. The van der Waals surface area contributed by atoms with Crippen LogP contribution in [0.2, 0.25) is 5.02 Å². The molecule has 1 saturated carbocycles. The second kappa shape index (κ2) is 8.19. The number of halogens is 1. The molecule has 1 atom stereocenters. The first-order valence-electron chi connectivity index (χ1n) is 10.3. The number of carbonyl (C=O) groups excluding carboxylic acids is 1. The molecule has 0 bridgehead atoms. The highest BCUT2D eigenvalue weighted by Gasteiger charge is 2.33. The number of benzene rings is 2. The van der Waals surface area contributed by atoms with E-state index in [9.17, 15) is 4.79 Å². The Hall–Kier alpha value is -2.73. The predicted octanol–water partition coefficient (Wildman–Crippen LogP) is 4.39. The number of ether oxygens (including phenoxy) is 2. The van der Waals surface area contributed by atoms with Gasteiger partial charge >= 0.3 is 0 Å². The zero-order chi connectivity index (χ0) is 20.5. The lowest BCUT2D eigenvalue weighted by atomic mass is 9.84. The van der Waals surface area contributed by atoms with E-state index >= 15 is 0 Å². The minimum atomic E-state index is -0.173. The Morgan fingerprint density at radius 1 is 1.13 bits per heavy atom. The molecule has 7 heteroatoms. The molecule has 3 aliphatic rings. The fourth-order valence-corrected chi connectivity index (χ4v) is 4.23. The van der Waals surface area contributed by atoms with E-state index in [2.05, 4.69) is 5.16 Å². The summed E-state index contributed by atoms with van der Waals surface area (Å²) in [6.45, 7) is 1.26. The van der Waals surface area contributed by atoms with E-state index in [1.807, 2.05) is 47.4 Å². The van der Waals surface area contributed by atoms with E-state index in [0.29, 0.717) is 24.5 Å². The van der Waals surface area contributed by atoms with Crippen molar-refractivity contribution in [2.75, 3.05) is 13.3 Å². The smallest absolute Gasteiger partial charge is 0.231 e. The Morgan fingerprint density at radius 3 is 2.80 bits per heavy atom. The number of hydrogen-bond acceptors (Lipinski definition) is 5. The zero-order valence-corrected chi connectivity index (χ0v) is 17.3. The highest BCUT2D eigenvalue weighted by Crippen LogP contribution is 2.34. The molecule has 30 heavy (non-hydrogen) atoms. The molecule has 1 amide bonds. The standard InChI is InChI=1S/C23H23ClN2O4/c24-18-6-1-3-15(9-18)12-26(23(27)16-4-2-5-16)13-19-11-20(25-30-19)17-7-8-21-22(10-17)29-14-28-21/h1,3,6-10,16,19H,2,4-5,11-14H2/t19-/m1/s1. The third kappa shape index (κ3) is 3.97. The van der Waals surface area contributed by atoms with Crippen molar-refractivity contribution in [3.8, 4) is 11.5 Å². The van der Waals surface area contributed by atoms with Crippen LogP contribution in [-0.4, -0.2) is 36.0 Å². The maximum atomic E-state index is 13.1. The van der Waals surface area contributed by atoms with Gasteiger partial charge in [0.2, 0.25) is 12.7 Å². The van der Waals surface area contributed by atoms with Gasteiger partial charge in [0.15, 0.2) is 17.6 Å². The van der Waals surface area contributed by atoms with Gasteiger partial charge in [-0.3, -0.25) is 4.79 Å². The first-order chi connectivity index (χ1) is 14.7. The van der Waals surface area contributed by atoms with Crippen LogP contribution in [0.25, 0.3) is 0 Å². The molecule has 5 rings (SSSR count). The number of carbonyl (C=O) groups is 1. The van der Waals surface area contributed by atoms with Crippen LogP contribution >= 0.6 is 11.6 Å². The van der Waals surface area contributed by atoms with Gasteiger partial charge < -0.3 is 19.2 Å². The van der Waals surface area contributed by atoms with Crippen LogP contribution < -0.4 is 9.47 Å². The summed E-state index contributed by atoms with van der Waals surface area (Å²) < 4.78 is 10.8. The lowest BCUT2D eigenvalue weighted by molar-refractivity contribution is -0.140. The second-order valence-electron chi connectivity index (χ2n) is 8.01. The van der Waals surface area contributed by atoms with Gasteiger partial charge in [0.1, 0.15) is 0 Å². The average molecular weight is 427 g/mol. The van der Waals surface area contributed by atoms with Crippen molar-refractivity contribution in [1.82, 2.24) is 4.90 Å². The Kier molecular flexibility index (Phi) is 5.25. The van der Waals surface area contributed by atoms with Crippen molar-refractivity contribution < 1.29 is 19.1 Å². The molecule has 156 valence electrons. The van der Waals surface area contributed by atoms with Crippen LogP contribution in [0.15, 0.2) is 47.6 Å². The van der Waals surface area contributed by atoms with Gasteiger partial charge in [-0.1, -0.05) is 35.3 Å². The highest BCUT2D eigenvalue weighted by atomic mass is 35.5. The van der Waals surface area contributed by atoms with Gasteiger partial charge in [0, 0.05) is 29.5 Å². The van der Waals surface area contributed by atoms with Gasteiger partial charge in [0.25, 0.3) is 0 Å². The topological polar surface area (TPSA) is 60.4 Å². The van der Waals surface area contributed by atoms with Crippen molar-refractivity contribution in [1.29, 1.82) is 0 Å². The number of amides is 1. The third-order valence-electron chi connectivity index (χ3n) is 5.89. The quantitative estimate of drug-likeness (QED) is 0.687. The minimum absolute atomic E-state index is 0.125. The van der Waals surface area contributed by atoms with Crippen molar-refractivity contribution in [3.05, 3.63) is 58.6 Å². The molecule has 2 heterocycles. The Balaban J connectivity index is 1.27. The summed E-state index contributed by atoms with van der Waals surface area (Å²) in [5.41, 5.74) is 2.83. The number of oxime groups is 1. The number of nitrogens with zero attached hydrogens (tertiary/aromatic N) is 2. The molecular weight excluding hydrogens is 404 g/mol. The van der Waals surface area contributed by atoms with Gasteiger partial charge in [-0.05, 0) is 48.7 Å². The van der Waals surface area contributed by atoms with Gasteiger partial charge in [-0.2, -0.15) is 0 Å². The van der Waals surface area contributed by atoms with Crippen molar-refractivity contribution >= 4 is 23.2 Å². The van der Waals surface area contributed by atoms with Crippen molar-refractivity contribution in [2.24, 2.45) is 11.1 Å². The predicted molar refractivity (Wildman–Crippen MR) is 113 cm³/mol. The van der Waals surface area contributed by atoms with Gasteiger partial charge in [-0.25, -0.2) is 0 Å². The van der Waals surface area contributed by atoms with Crippen molar-refractivity contribution in [3.63, 3.8) is 0 Å². The molecule has 6 nitrogen and oxygen atoms in total. The summed E-state index contributed by atoms with van der Waals surface area (Å²) in [4.78, 5) is 20.7. The molecule has 2 aromatic rings. The molecule has 2 aliphatic heterocycles. The summed E-state index contributed by atoms with van der Waals surface area (Å²) >= 11 is 6.14. The summed E-state index contributed by atoms with van der Waals surface area (Å²) in [5, 5.41) is 4.96. The zero-order valence-electron chi connectivity index (χ0n) is 16.6. The maximum Gasteiger partial charge on any atom is 0.231 e. The van der Waals surface area contributed by atoms with Gasteiger partial charge in [0.05, 0.1) is 12.3 Å². The molecule has 0 unspecified atom stereocenters. The van der Waals surface area contributed by atoms with Crippen LogP contribution in [0.1, 0.15) is 36.8 Å². The van der Waals surface area contributed by atoms with Crippen molar-refractivity contribution in [2.45, 2.75) is 38.3 Å². The van der Waals surface area contributed by atoms with Crippen LogP contribution in [0.5, 0.6) is 11.5 Å². The summed E-state index contributed by atoms with van der Waals surface area (Å²) in [7, 11) is 0. The molecule has 0 N–H and O–H groups in total. The lowest BCUT2D eigenvalue weighted by Gasteiger charge is -2.32. The SMILES string of the molecule is O=C(C1CCC1)N(Cc1cccc(Cl)c1)C[C@H]1CC(c2ccc3c(c2)OCO3)=NO1. The normalized spacial score (nSPS) is 19.8. The van der Waals surface area contributed by atoms with Crippen LogP contribution in [-0.2, 0) is 16.2 Å². The fraction of sp³-hybridized carbons (Fsp3) is 0.391. The minimum Gasteiger partial charge on any atom is -0.454 e. The van der Waals surface area contributed by atoms with E-state index in [4.69, 9.17) is 25.9 Å². The Labute approximate surface area is 180 Å². The fourth-order valence-electron chi connectivity index (χ4n) is 4.02. The van der Waals surface area contributed by atoms with Crippen LogP contribution in [0.3, 0.4) is 0 Å². The first kappa shape index (κ1) is 19.2. The summed E-state index contributed by atoms with van der Waals surface area (Å²) in [6.07, 6.45) is 3.53. The largest absolute Gasteiger partial charge is 0.454 e. The Morgan fingerprint density at radius 2 is 2.00 bits per heavy atom. The van der Waals surface area contributed by atoms with E-state index in [-0.39, 0.29) is 24.7 Å². The van der Waals surface area contributed by atoms with E-state index in [1.165, 1.54) is 0 Å². The number of fused-ring (bicyclic) bond motifs is 1. The van der Waals surface area contributed by atoms with Crippen LogP contribution in [0.4, 0.5) is 0 Å². The van der Waals surface area contributed by atoms with E-state index < -0.39 is 0 Å². The van der Waals surface area contributed by atoms with E-state index in [0.717, 1.165) is 47.6 Å². The highest BCUT2D eigenvalue weighted by molar-refractivity contribution is 6.30.